The lowest BCUT2D eigenvalue weighted by Crippen LogP contribution is -2.36. The highest BCUT2D eigenvalue weighted by molar-refractivity contribution is 7.88. The summed E-state index contributed by atoms with van der Waals surface area (Å²) in [6, 6.07) is 14.8. The van der Waals surface area contributed by atoms with Crippen LogP contribution < -0.4 is 5.32 Å². The van der Waals surface area contributed by atoms with Crippen LogP contribution in [0.4, 0.5) is 0 Å². The normalized spacial score (nSPS) is 15.4. The fourth-order valence-electron chi connectivity index (χ4n) is 3.19. The van der Waals surface area contributed by atoms with Crippen molar-refractivity contribution in [2.24, 2.45) is 0 Å². The molecule has 1 amide bonds. The van der Waals surface area contributed by atoms with Crippen molar-refractivity contribution in [1.82, 2.24) is 9.62 Å². The van der Waals surface area contributed by atoms with Crippen LogP contribution in [0, 0.1) is 6.92 Å². The van der Waals surface area contributed by atoms with Crippen LogP contribution in [-0.4, -0.2) is 31.7 Å². The maximum atomic E-state index is 12.5. The summed E-state index contributed by atoms with van der Waals surface area (Å²) in [5.74, 6) is -0.181. The van der Waals surface area contributed by atoms with Crippen molar-refractivity contribution in [1.29, 1.82) is 0 Å². The summed E-state index contributed by atoms with van der Waals surface area (Å²) in [7, 11) is -3.29. The van der Waals surface area contributed by atoms with Crippen LogP contribution in [0.5, 0.6) is 0 Å². The van der Waals surface area contributed by atoms with Gasteiger partial charge in [-0.1, -0.05) is 48.4 Å². The lowest BCUT2D eigenvalue weighted by molar-refractivity contribution is 0.0951. The number of carbonyl (C=O) groups is 1. The van der Waals surface area contributed by atoms with Gasteiger partial charge in [0.05, 0.1) is 5.75 Å². The van der Waals surface area contributed by atoms with E-state index in [0.29, 0.717) is 30.8 Å². The van der Waals surface area contributed by atoms with Gasteiger partial charge in [-0.2, -0.15) is 0 Å². The van der Waals surface area contributed by atoms with Crippen molar-refractivity contribution in [2.45, 2.75) is 38.5 Å². The zero-order valence-electron chi connectivity index (χ0n) is 15.6. The Morgan fingerprint density at radius 2 is 1.52 bits per heavy atom. The molecule has 1 aliphatic rings. The maximum absolute atomic E-state index is 12.5. The van der Waals surface area contributed by atoms with Gasteiger partial charge in [0, 0.05) is 25.2 Å². The van der Waals surface area contributed by atoms with Gasteiger partial charge in [-0.25, -0.2) is 12.7 Å². The molecule has 0 saturated carbocycles. The molecule has 6 heteroatoms. The third kappa shape index (κ3) is 5.40. The predicted molar refractivity (Wildman–Crippen MR) is 107 cm³/mol. The Kier molecular flexibility index (Phi) is 6.29. The van der Waals surface area contributed by atoms with Gasteiger partial charge in [-0.15, -0.1) is 0 Å². The van der Waals surface area contributed by atoms with Gasteiger partial charge in [0.2, 0.25) is 10.0 Å². The Bertz CT molecular complexity index is 869. The number of nitrogens with one attached hydrogen (secondary N) is 1. The van der Waals surface area contributed by atoms with E-state index in [4.69, 9.17) is 0 Å². The summed E-state index contributed by atoms with van der Waals surface area (Å²) >= 11 is 0. The molecule has 1 saturated heterocycles. The Hall–Kier alpha value is -2.18. The van der Waals surface area contributed by atoms with Crippen molar-refractivity contribution in [3.05, 3.63) is 70.8 Å². The van der Waals surface area contributed by atoms with Crippen LogP contribution in [0.15, 0.2) is 48.5 Å². The number of aryl methyl sites for hydroxylation is 1. The maximum Gasteiger partial charge on any atom is 0.251 e. The fraction of sp³-hybridized carbons (Fsp3) is 0.381. The van der Waals surface area contributed by atoms with Gasteiger partial charge in [0.25, 0.3) is 5.91 Å². The number of carbonyl (C=O) groups excluding carboxylic acids is 1. The summed E-state index contributed by atoms with van der Waals surface area (Å²) in [5, 5.41) is 2.89. The number of amides is 1. The highest BCUT2D eigenvalue weighted by atomic mass is 32.2. The minimum Gasteiger partial charge on any atom is -0.348 e. The fourth-order valence-corrected chi connectivity index (χ4v) is 4.80. The van der Waals surface area contributed by atoms with E-state index in [1.807, 2.05) is 31.2 Å². The summed E-state index contributed by atoms with van der Waals surface area (Å²) in [4.78, 5) is 12.3. The molecule has 1 N–H and O–H groups in total. The zero-order valence-corrected chi connectivity index (χ0v) is 16.5. The van der Waals surface area contributed by atoms with Gasteiger partial charge in [0.15, 0.2) is 0 Å². The van der Waals surface area contributed by atoms with Crippen LogP contribution in [0.1, 0.15) is 46.3 Å². The number of rotatable bonds is 6. The molecule has 1 fully saturated rings. The molecular formula is C21H26N2O3S. The molecule has 5 nitrogen and oxygen atoms in total. The SMILES string of the molecule is Cc1ccc(CNC(=O)c2ccc(CS(=O)(=O)N3CCCCC3)cc2)cc1. The first-order valence-corrected chi connectivity index (χ1v) is 11.0. The van der Waals surface area contributed by atoms with Crippen molar-refractivity contribution in [3.63, 3.8) is 0 Å². The molecule has 144 valence electrons. The molecule has 0 aliphatic carbocycles. The van der Waals surface area contributed by atoms with Gasteiger partial charge in [0.1, 0.15) is 0 Å². The monoisotopic (exact) mass is 386 g/mol. The van der Waals surface area contributed by atoms with Crippen LogP contribution in [0.2, 0.25) is 0 Å². The lowest BCUT2D eigenvalue weighted by atomic mass is 10.1. The number of sulfonamides is 1. The second-order valence-electron chi connectivity index (χ2n) is 7.08. The average Bonchev–Trinajstić information content (AvgIpc) is 2.68. The molecule has 3 rings (SSSR count). The van der Waals surface area contributed by atoms with Crippen LogP contribution in [0.3, 0.4) is 0 Å². The minimum absolute atomic E-state index is 0.0156. The highest BCUT2D eigenvalue weighted by Gasteiger charge is 2.24. The van der Waals surface area contributed by atoms with Crippen LogP contribution in [-0.2, 0) is 22.3 Å². The molecule has 0 atom stereocenters. The highest BCUT2D eigenvalue weighted by Crippen LogP contribution is 2.17. The van der Waals surface area contributed by atoms with E-state index in [1.54, 1.807) is 28.6 Å². The summed E-state index contributed by atoms with van der Waals surface area (Å²) in [6.45, 7) is 3.71. The molecule has 0 radical (unpaired) electrons. The van der Waals surface area contributed by atoms with E-state index in [1.165, 1.54) is 5.56 Å². The largest absolute Gasteiger partial charge is 0.348 e. The van der Waals surface area contributed by atoms with Gasteiger partial charge in [-0.3, -0.25) is 4.79 Å². The first-order chi connectivity index (χ1) is 12.9. The Balaban J connectivity index is 1.57. The van der Waals surface area contributed by atoms with Crippen molar-refractivity contribution < 1.29 is 13.2 Å². The van der Waals surface area contributed by atoms with Gasteiger partial charge < -0.3 is 5.32 Å². The molecule has 0 unspecified atom stereocenters. The molecule has 2 aromatic carbocycles. The van der Waals surface area contributed by atoms with Gasteiger partial charge >= 0.3 is 0 Å². The number of nitrogens with zero attached hydrogens (tertiary/aromatic N) is 1. The standard InChI is InChI=1S/C21H26N2O3S/c1-17-5-7-18(8-6-17)15-22-21(24)20-11-9-19(10-12-20)16-27(25,26)23-13-3-2-4-14-23/h5-12H,2-4,13-16H2,1H3,(H,22,24). The predicted octanol–water partition coefficient (Wildman–Crippen LogP) is 3.24. The van der Waals surface area contributed by atoms with Crippen LogP contribution in [0.25, 0.3) is 0 Å². The first-order valence-electron chi connectivity index (χ1n) is 9.34. The van der Waals surface area contributed by atoms with E-state index < -0.39 is 10.0 Å². The second kappa shape index (κ2) is 8.67. The molecule has 1 aliphatic heterocycles. The van der Waals surface area contributed by atoms with Crippen LogP contribution >= 0.6 is 0 Å². The average molecular weight is 387 g/mol. The smallest absolute Gasteiger partial charge is 0.251 e. The summed E-state index contributed by atoms with van der Waals surface area (Å²) < 4.78 is 26.6. The first kappa shape index (κ1) is 19.6. The molecule has 27 heavy (non-hydrogen) atoms. The zero-order chi connectivity index (χ0) is 19.3. The number of piperidine rings is 1. The number of hydrogen-bond acceptors (Lipinski definition) is 3. The van der Waals surface area contributed by atoms with E-state index in [9.17, 15) is 13.2 Å². The third-order valence-electron chi connectivity index (χ3n) is 4.85. The quantitative estimate of drug-likeness (QED) is 0.829. The van der Waals surface area contributed by atoms with E-state index >= 15 is 0 Å². The Morgan fingerprint density at radius 1 is 0.926 bits per heavy atom. The van der Waals surface area contributed by atoms with Crippen molar-refractivity contribution in [2.75, 3.05) is 13.1 Å². The Morgan fingerprint density at radius 3 is 2.15 bits per heavy atom. The molecule has 0 spiro atoms. The van der Waals surface area contributed by atoms with Crippen molar-refractivity contribution >= 4 is 15.9 Å². The lowest BCUT2D eigenvalue weighted by Gasteiger charge is -2.25. The van der Waals surface area contributed by atoms with Crippen molar-refractivity contribution in [3.8, 4) is 0 Å². The number of benzene rings is 2. The minimum atomic E-state index is -3.29. The molecule has 0 bridgehead atoms. The Labute approximate surface area is 161 Å². The van der Waals surface area contributed by atoms with E-state index in [2.05, 4.69) is 5.32 Å². The summed E-state index contributed by atoms with van der Waals surface area (Å²) in [6.07, 6.45) is 2.96. The molecular weight excluding hydrogens is 360 g/mol. The molecule has 0 aromatic heterocycles. The number of hydrogen-bond donors (Lipinski definition) is 1. The van der Waals surface area contributed by atoms with Gasteiger partial charge in [-0.05, 0) is 43.0 Å². The molecule has 1 heterocycles. The van der Waals surface area contributed by atoms with E-state index in [0.717, 1.165) is 24.8 Å². The van der Waals surface area contributed by atoms with E-state index in [-0.39, 0.29) is 11.7 Å². The second-order valence-corrected chi connectivity index (χ2v) is 9.05. The topological polar surface area (TPSA) is 66.5 Å². The molecule has 2 aromatic rings. The summed E-state index contributed by atoms with van der Waals surface area (Å²) in [5.41, 5.74) is 3.45. The third-order valence-corrected chi connectivity index (χ3v) is 6.70.